The Labute approximate surface area is 144 Å². The Hall–Kier alpha value is -2.10. The van der Waals surface area contributed by atoms with Crippen molar-refractivity contribution in [2.45, 2.75) is 38.6 Å². The van der Waals surface area contributed by atoms with Gasteiger partial charge in [0.2, 0.25) is 11.8 Å². The number of likely N-dealkylation sites (tertiary alicyclic amines) is 2. The Balaban J connectivity index is 1.71. The molecule has 3 rings (SSSR count). The van der Waals surface area contributed by atoms with E-state index in [2.05, 4.69) is 4.90 Å². The van der Waals surface area contributed by atoms with E-state index in [0.29, 0.717) is 5.92 Å². The first-order valence-electron chi connectivity index (χ1n) is 8.94. The zero-order chi connectivity index (χ0) is 16.9. The van der Waals surface area contributed by atoms with Crippen molar-refractivity contribution in [3.8, 4) is 0 Å². The molecule has 4 nitrogen and oxygen atoms in total. The molecule has 0 saturated carbocycles. The van der Waals surface area contributed by atoms with Crippen molar-refractivity contribution < 1.29 is 9.59 Å². The van der Waals surface area contributed by atoms with Gasteiger partial charge in [0.15, 0.2) is 0 Å². The van der Waals surface area contributed by atoms with E-state index >= 15 is 0 Å². The predicted octanol–water partition coefficient (Wildman–Crippen LogP) is 2.95. The summed E-state index contributed by atoms with van der Waals surface area (Å²) in [6.07, 6.45) is 7.80. The molecule has 2 amide bonds. The van der Waals surface area contributed by atoms with Crippen LogP contribution in [-0.2, 0) is 9.59 Å². The highest BCUT2D eigenvalue weighted by atomic mass is 16.2. The van der Waals surface area contributed by atoms with Crippen molar-refractivity contribution in [2.24, 2.45) is 5.92 Å². The van der Waals surface area contributed by atoms with E-state index < -0.39 is 0 Å². The molecule has 24 heavy (non-hydrogen) atoms. The maximum absolute atomic E-state index is 12.8. The SMILES string of the molecule is CC(=O)N1CC[C@@H]2[C@@H](CCCCN2C(=O)/C=C/c2ccccc2)C1. The quantitative estimate of drug-likeness (QED) is 0.784. The molecule has 2 saturated heterocycles. The van der Waals surface area contributed by atoms with Gasteiger partial charge in [-0.25, -0.2) is 0 Å². The lowest BCUT2D eigenvalue weighted by Crippen LogP contribution is -2.52. The van der Waals surface area contributed by atoms with Crippen molar-refractivity contribution >= 4 is 17.9 Å². The van der Waals surface area contributed by atoms with Crippen molar-refractivity contribution in [2.75, 3.05) is 19.6 Å². The second kappa shape index (κ2) is 7.65. The summed E-state index contributed by atoms with van der Waals surface area (Å²) in [7, 11) is 0. The summed E-state index contributed by atoms with van der Waals surface area (Å²) in [6, 6.07) is 10.2. The van der Waals surface area contributed by atoms with Crippen LogP contribution in [-0.4, -0.2) is 47.3 Å². The van der Waals surface area contributed by atoms with Crippen LogP contribution in [0.15, 0.2) is 36.4 Å². The van der Waals surface area contributed by atoms with E-state index in [1.54, 1.807) is 13.0 Å². The molecule has 2 aliphatic rings. The number of amides is 2. The predicted molar refractivity (Wildman–Crippen MR) is 95.2 cm³/mol. The Bertz CT molecular complexity index is 611. The van der Waals surface area contributed by atoms with E-state index in [-0.39, 0.29) is 17.9 Å². The summed E-state index contributed by atoms with van der Waals surface area (Å²) < 4.78 is 0. The molecule has 1 aromatic rings. The van der Waals surface area contributed by atoms with E-state index in [4.69, 9.17) is 0 Å². The molecule has 2 heterocycles. The van der Waals surface area contributed by atoms with Crippen LogP contribution in [0, 0.1) is 5.92 Å². The van der Waals surface area contributed by atoms with Gasteiger partial charge in [0.1, 0.15) is 0 Å². The van der Waals surface area contributed by atoms with Crippen molar-refractivity contribution in [1.29, 1.82) is 0 Å². The highest BCUT2D eigenvalue weighted by molar-refractivity contribution is 5.92. The van der Waals surface area contributed by atoms with Gasteiger partial charge < -0.3 is 9.80 Å². The van der Waals surface area contributed by atoms with Gasteiger partial charge in [-0.2, -0.15) is 0 Å². The standard InChI is InChI=1S/C20H26N2O2/c1-16(23)21-14-12-19-18(15-21)9-5-6-13-22(19)20(24)11-10-17-7-3-2-4-8-17/h2-4,7-8,10-11,18-19H,5-6,9,12-15H2,1H3/b11-10+/t18-,19+/m0/s1. The van der Waals surface area contributed by atoms with Crippen LogP contribution in [0.25, 0.3) is 6.08 Å². The number of carbonyl (C=O) groups excluding carboxylic acids is 2. The zero-order valence-electron chi connectivity index (χ0n) is 14.4. The third-order valence-electron chi connectivity index (χ3n) is 5.26. The summed E-state index contributed by atoms with van der Waals surface area (Å²) in [5.74, 6) is 0.672. The third-order valence-corrected chi connectivity index (χ3v) is 5.26. The fourth-order valence-electron chi connectivity index (χ4n) is 3.96. The molecule has 0 spiro atoms. The van der Waals surface area contributed by atoms with Gasteiger partial charge in [0, 0.05) is 38.7 Å². The lowest BCUT2D eigenvalue weighted by atomic mass is 9.88. The van der Waals surface area contributed by atoms with Gasteiger partial charge in [-0.05, 0) is 36.8 Å². The lowest BCUT2D eigenvalue weighted by Gasteiger charge is -2.42. The zero-order valence-corrected chi connectivity index (χ0v) is 14.4. The monoisotopic (exact) mass is 326 g/mol. The summed E-state index contributed by atoms with van der Waals surface area (Å²) in [4.78, 5) is 28.4. The summed E-state index contributed by atoms with van der Waals surface area (Å²) >= 11 is 0. The van der Waals surface area contributed by atoms with Crippen molar-refractivity contribution in [1.82, 2.24) is 9.80 Å². The van der Waals surface area contributed by atoms with E-state index in [1.165, 1.54) is 0 Å². The van der Waals surface area contributed by atoms with Crippen LogP contribution in [0.5, 0.6) is 0 Å². The van der Waals surface area contributed by atoms with Gasteiger partial charge in [-0.15, -0.1) is 0 Å². The molecular formula is C20H26N2O2. The van der Waals surface area contributed by atoms with Crippen LogP contribution >= 0.6 is 0 Å². The van der Waals surface area contributed by atoms with E-state index in [9.17, 15) is 9.59 Å². The Morgan fingerprint density at radius 1 is 1.08 bits per heavy atom. The molecule has 0 unspecified atom stereocenters. The molecule has 2 aliphatic heterocycles. The van der Waals surface area contributed by atoms with Crippen LogP contribution in [0.4, 0.5) is 0 Å². The maximum atomic E-state index is 12.8. The fourth-order valence-corrected chi connectivity index (χ4v) is 3.96. The normalized spacial score (nSPS) is 24.5. The van der Waals surface area contributed by atoms with Crippen molar-refractivity contribution in [3.05, 3.63) is 42.0 Å². The minimum atomic E-state index is 0.104. The highest BCUT2D eigenvalue weighted by Crippen LogP contribution is 2.30. The smallest absolute Gasteiger partial charge is 0.246 e. The molecular weight excluding hydrogens is 300 g/mol. The first-order valence-corrected chi connectivity index (χ1v) is 8.94. The fraction of sp³-hybridized carbons (Fsp3) is 0.500. The van der Waals surface area contributed by atoms with Crippen LogP contribution < -0.4 is 0 Å². The van der Waals surface area contributed by atoms with Crippen molar-refractivity contribution in [3.63, 3.8) is 0 Å². The molecule has 0 N–H and O–H groups in total. The highest BCUT2D eigenvalue weighted by Gasteiger charge is 2.36. The first kappa shape index (κ1) is 16.7. The topological polar surface area (TPSA) is 40.6 Å². The average Bonchev–Trinajstić information content (AvgIpc) is 2.82. The minimum Gasteiger partial charge on any atom is -0.343 e. The summed E-state index contributed by atoms with van der Waals surface area (Å²) in [6.45, 7) is 4.04. The van der Waals surface area contributed by atoms with Crippen LogP contribution in [0.3, 0.4) is 0 Å². The maximum Gasteiger partial charge on any atom is 0.246 e. The van der Waals surface area contributed by atoms with E-state index in [1.807, 2.05) is 41.3 Å². The van der Waals surface area contributed by atoms with Gasteiger partial charge >= 0.3 is 0 Å². The number of benzene rings is 1. The van der Waals surface area contributed by atoms with Gasteiger partial charge in [0.05, 0.1) is 0 Å². The van der Waals surface area contributed by atoms with Gasteiger partial charge in [0.25, 0.3) is 0 Å². The first-order chi connectivity index (χ1) is 11.6. The van der Waals surface area contributed by atoms with Gasteiger partial charge in [-0.1, -0.05) is 36.8 Å². The number of fused-ring (bicyclic) bond motifs is 1. The number of piperidine rings is 1. The average molecular weight is 326 g/mol. The molecule has 0 bridgehead atoms. The third kappa shape index (κ3) is 3.86. The van der Waals surface area contributed by atoms with Gasteiger partial charge in [-0.3, -0.25) is 9.59 Å². The second-order valence-electron chi connectivity index (χ2n) is 6.85. The Morgan fingerprint density at radius 3 is 2.62 bits per heavy atom. The second-order valence-corrected chi connectivity index (χ2v) is 6.85. The largest absolute Gasteiger partial charge is 0.343 e. The molecule has 4 heteroatoms. The molecule has 1 aromatic carbocycles. The summed E-state index contributed by atoms with van der Waals surface area (Å²) in [5, 5.41) is 0. The molecule has 0 aromatic heterocycles. The summed E-state index contributed by atoms with van der Waals surface area (Å²) in [5.41, 5.74) is 1.05. The molecule has 0 aliphatic carbocycles. The van der Waals surface area contributed by atoms with E-state index in [0.717, 1.165) is 50.9 Å². The number of hydrogen-bond donors (Lipinski definition) is 0. The number of rotatable bonds is 2. The van der Waals surface area contributed by atoms with Crippen LogP contribution in [0.2, 0.25) is 0 Å². The lowest BCUT2D eigenvalue weighted by molar-refractivity contribution is -0.134. The minimum absolute atomic E-state index is 0.104. The molecule has 0 radical (unpaired) electrons. The number of hydrogen-bond acceptors (Lipinski definition) is 2. The molecule has 128 valence electrons. The molecule has 2 atom stereocenters. The Morgan fingerprint density at radius 2 is 1.88 bits per heavy atom. The number of carbonyl (C=O) groups is 2. The number of nitrogens with zero attached hydrogens (tertiary/aromatic N) is 2. The molecule has 2 fully saturated rings. The Kier molecular flexibility index (Phi) is 5.34. The van der Waals surface area contributed by atoms with Crippen LogP contribution in [0.1, 0.15) is 38.2 Å².